The Balaban J connectivity index is 1.75. The van der Waals surface area contributed by atoms with E-state index in [4.69, 9.17) is 10.5 Å². The molecule has 0 amide bonds. The summed E-state index contributed by atoms with van der Waals surface area (Å²) in [4.78, 5) is 22.3. The van der Waals surface area contributed by atoms with Gasteiger partial charge < -0.3 is 10.5 Å². The smallest absolute Gasteiger partial charge is 0.221 e. The lowest BCUT2D eigenvalue weighted by Gasteiger charge is -2.17. The van der Waals surface area contributed by atoms with E-state index in [0.29, 0.717) is 22.5 Å². The second kappa shape index (κ2) is 6.71. The molecule has 5 nitrogen and oxygen atoms in total. The number of hydrogen-bond donors (Lipinski definition) is 1. The van der Waals surface area contributed by atoms with Gasteiger partial charge in [-0.3, -0.25) is 4.79 Å². The zero-order valence-electron chi connectivity index (χ0n) is 16.0. The summed E-state index contributed by atoms with van der Waals surface area (Å²) in [6.07, 6.45) is 5.71. The summed E-state index contributed by atoms with van der Waals surface area (Å²) >= 11 is 0. The standard InChI is InChI=1S/C24H19N3O2/c1-29-16-12-10-14(11-13-16)17-8-5-9-18-19(17)22-20(23(18)28)21(26-24(25)27-22)15-6-3-2-4-7-15/h2-10,12H,11,13H2,1H3,(H2,25,26,27). The Hall–Kier alpha value is -3.73. The number of carbonyl (C=O) groups excluding carboxylic acids is 1. The third kappa shape index (κ3) is 2.74. The molecule has 2 aromatic carbocycles. The molecular weight excluding hydrogens is 362 g/mol. The molecule has 0 atom stereocenters. The summed E-state index contributed by atoms with van der Waals surface area (Å²) in [6, 6.07) is 15.5. The molecule has 0 fully saturated rings. The number of anilines is 1. The van der Waals surface area contributed by atoms with Gasteiger partial charge in [0.1, 0.15) is 0 Å². The number of carbonyl (C=O) groups is 1. The summed E-state index contributed by atoms with van der Waals surface area (Å²) in [6.45, 7) is 0. The molecule has 0 spiro atoms. The van der Waals surface area contributed by atoms with Crippen LogP contribution in [0.2, 0.25) is 0 Å². The maximum Gasteiger partial charge on any atom is 0.221 e. The Morgan fingerprint density at radius 2 is 1.62 bits per heavy atom. The summed E-state index contributed by atoms with van der Waals surface area (Å²) in [7, 11) is 1.69. The maximum absolute atomic E-state index is 13.4. The Labute approximate surface area is 168 Å². The number of allylic oxidation sites excluding steroid dienone is 4. The van der Waals surface area contributed by atoms with E-state index in [2.05, 4.69) is 16.0 Å². The molecule has 5 heteroatoms. The van der Waals surface area contributed by atoms with Gasteiger partial charge >= 0.3 is 0 Å². The predicted molar refractivity (Wildman–Crippen MR) is 113 cm³/mol. The van der Waals surface area contributed by atoms with Crippen molar-refractivity contribution in [3.8, 4) is 22.5 Å². The third-order valence-electron chi connectivity index (χ3n) is 5.47. The Morgan fingerprint density at radius 1 is 0.862 bits per heavy atom. The van der Waals surface area contributed by atoms with Crippen LogP contribution in [0.1, 0.15) is 34.3 Å². The van der Waals surface area contributed by atoms with Crippen LogP contribution < -0.4 is 5.73 Å². The summed E-state index contributed by atoms with van der Waals surface area (Å²) in [5.41, 5.74) is 12.3. The first-order chi connectivity index (χ1) is 14.2. The lowest BCUT2D eigenvalue weighted by atomic mass is 9.91. The number of nitrogens with two attached hydrogens (primary N) is 1. The first-order valence-corrected chi connectivity index (χ1v) is 9.52. The average molecular weight is 381 g/mol. The number of benzene rings is 2. The van der Waals surface area contributed by atoms with Gasteiger partial charge in [-0.25, -0.2) is 9.97 Å². The number of hydrogen-bond acceptors (Lipinski definition) is 5. The number of aromatic nitrogens is 2. The van der Waals surface area contributed by atoms with Crippen molar-refractivity contribution in [1.82, 2.24) is 9.97 Å². The number of ether oxygens (including phenoxy) is 1. The highest BCUT2D eigenvalue weighted by atomic mass is 16.5. The van der Waals surface area contributed by atoms with Gasteiger partial charge in [-0.05, 0) is 23.6 Å². The Bertz CT molecular complexity index is 1210. The molecule has 2 aliphatic rings. The van der Waals surface area contributed by atoms with Crippen molar-refractivity contribution in [2.75, 3.05) is 12.8 Å². The van der Waals surface area contributed by atoms with Crippen molar-refractivity contribution in [2.24, 2.45) is 0 Å². The lowest BCUT2D eigenvalue weighted by molar-refractivity contribution is 0.104. The van der Waals surface area contributed by atoms with Gasteiger partial charge in [0.15, 0.2) is 5.78 Å². The summed E-state index contributed by atoms with van der Waals surface area (Å²) < 4.78 is 5.35. The average Bonchev–Trinajstić information content (AvgIpc) is 3.06. The monoisotopic (exact) mass is 381 g/mol. The first-order valence-electron chi connectivity index (χ1n) is 9.52. The van der Waals surface area contributed by atoms with Gasteiger partial charge in [-0.15, -0.1) is 0 Å². The number of ketones is 1. The first kappa shape index (κ1) is 17.4. The molecule has 1 aromatic heterocycles. The largest absolute Gasteiger partial charge is 0.501 e. The second-order valence-electron chi connectivity index (χ2n) is 7.11. The van der Waals surface area contributed by atoms with Crippen molar-refractivity contribution in [3.63, 3.8) is 0 Å². The minimum Gasteiger partial charge on any atom is -0.501 e. The number of rotatable bonds is 3. The molecule has 5 rings (SSSR count). The molecule has 0 bridgehead atoms. The maximum atomic E-state index is 13.4. The van der Waals surface area contributed by atoms with Gasteiger partial charge in [0.2, 0.25) is 5.95 Å². The van der Waals surface area contributed by atoms with E-state index in [9.17, 15) is 4.79 Å². The van der Waals surface area contributed by atoms with Gasteiger partial charge in [0.25, 0.3) is 0 Å². The van der Waals surface area contributed by atoms with Crippen LogP contribution in [0.25, 0.3) is 28.1 Å². The van der Waals surface area contributed by atoms with E-state index in [0.717, 1.165) is 40.9 Å². The van der Waals surface area contributed by atoms with Crippen molar-refractivity contribution >= 4 is 17.3 Å². The molecule has 2 aliphatic carbocycles. The van der Waals surface area contributed by atoms with Crippen LogP contribution in [0.3, 0.4) is 0 Å². The predicted octanol–water partition coefficient (Wildman–Crippen LogP) is 4.64. The van der Waals surface area contributed by atoms with E-state index in [-0.39, 0.29) is 11.7 Å². The van der Waals surface area contributed by atoms with Crippen LogP contribution >= 0.6 is 0 Å². The molecule has 0 unspecified atom stereocenters. The molecular formula is C24H19N3O2. The zero-order chi connectivity index (χ0) is 20.0. The minimum atomic E-state index is -0.0553. The quantitative estimate of drug-likeness (QED) is 0.559. The van der Waals surface area contributed by atoms with Crippen LogP contribution in [-0.4, -0.2) is 22.9 Å². The zero-order valence-corrected chi connectivity index (χ0v) is 16.0. The van der Waals surface area contributed by atoms with E-state index in [1.165, 1.54) is 0 Å². The highest BCUT2D eigenvalue weighted by Gasteiger charge is 2.34. The number of nitrogens with zero attached hydrogens (tertiary/aromatic N) is 2. The SMILES string of the molecule is COC1=CC=C(c2cccc3c2-c2nc(N)nc(-c4ccccc4)c2C3=O)CC1. The topological polar surface area (TPSA) is 78.1 Å². The highest BCUT2D eigenvalue weighted by molar-refractivity contribution is 6.24. The number of fused-ring (bicyclic) bond motifs is 3. The highest BCUT2D eigenvalue weighted by Crippen LogP contribution is 2.44. The molecule has 29 heavy (non-hydrogen) atoms. The molecule has 0 aliphatic heterocycles. The van der Waals surface area contributed by atoms with Crippen LogP contribution in [0.15, 0.2) is 66.4 Å². The van der Waals surface area contributed by atoms with Crippen molar-refractivity contribution in [1.29, 1.82) is 0 Å². The summed E-state index contributed by atoms with van der Waals surface area (Å²) in [5, 5.41) is 0. The van der Waals surface area contributed by atoms with Gasteiger partial charge in [0, 0.05) is 23.1 Å². The molecule has 0 saturated heterocycles. The van der Waals surface area contributed by atoms with Gasteiger partial charge in [0.05, 0.1) is 29.8 Å². The Kier molecular flexibility index (Phi) is 4.02. The van der Waals surface area contributed by atoms with Gasteiger partial charge in [-0.1, -0.05) is 54.6 Å². The van der Waals surface area contributed by atoms with Crippen molar-refractivity contribution in [2.45, 2.75) is 12.8 Å². The third-order valence-corrected chi connectivity index (χ3v) is 5.47. The normalized spacial score (nSPS) is 14.7. The lowest BCUT2D eigenvalue weighted by Crippen LogP contribution is -2.05. The van der Waals surface area contributed by atoms with E-state index >= 15 is 0 Å². The van der Waals surface area contributed by atoms with Crippen LogP contribution in [0.5, 0.6) is 0 Å². The van der Waals surface area contributed by atoms with Crippen molar-refractivity contribution in [3.05, 3.63) is 83.1 Å². The van der Waals surface area contributed by atoms with Crippen LogP contribution in [0.4, 0.5) is 5.95 Å². The number of nitrogen functional groups attached to an aromatic ring is 1. The summed E-state index contributed by atoms with van der Waals surface area (Å²) in [5.74, 6) is 1.06. The molecule has 0 radical (unpaired) electrons. The van der Waals surface area contributed by atoms with Crippen LogP contribution in [0, 0.1) is 0 Å². The second-order valence-corrected chi connectivity index (χ2v) is 7.11. The fraction of sp³-hybridized carbons (Fsp3) is 0.125. The molecule has 2 N–H and O–H groups in total. The van der Waals surface area contributed by atoms with E-state index in [1.807, 2.05) is 54.6 Å². The molecule has 0 saturated carbocycles. The number of methoxy groups -OCH3 is 1. The van der Waals surface area contributed by atoms with Crippen LogP contribution in [-0.2, 0) is 4.74 Å². The minimum absolute atomic E-state index is 0.0553. The fourth-order valence-electron chi connectivity index (χ4n) is 4.09. The Morgan fingerprint density at radius 3 is 2.34 bits per heavy atom. The van der Waals surface area contributed by atoms with E-state index < -0.39 is 0 Å². The molecule has 1 heterocycles. The molecule has 142 valence electrons. The van der Waals surface area contributed by atoms with Gasteiger partial charge in [-0.2, -0.15) is 0 Å². The fourth-order valence-corrected chi connectivity index (χ4v) is 4.09. The molecule has 3 aromatic rings. The van der Waals surface area contributed by atoms with Crippen molar-refractivity contribution < 1.29 is 9.53 Å². The van der Waals surface area contributed by atoms with E-state index in [1.54, 1.807) is 7.11 Å².